The quantitative estimate of drug-likeness (QED) is 0.342. The first-order valence-electron chi connectivity index (χ1n) is 9.46. The van der Waals surface area contributed by atoms with Gasteiger partial charge in [-0.25, -0.2) is 10.3 Å². The molecule has 2 aromatic rings. The molecule has 0 heterocycles. The molecule has 0 aliphatic heterocycles. The standard InChI is InChI=1S/C11H10.C10H19N3O6/c1-9-6-7-10-4-2-3-5-11(10)8-9;1-6(2)4-13(5-7(14)9(17)12-19)10(18)11-3-8(15)16/h2-8H,1H3;6-7,14,19H,3-5H2,1-2H3,(H,11,18)(H,12,17)(H,15,16)/t;7-/m.0/s1. The normalized spacial score (nSPS) is 11.3. The number of urea groups is 1. The van der Waals surface area contributed by atoms with Gasteiger partial charge in [0.25, 0.3) is 5.91 Å². The third kappa shape index (κ3) is 8.89. The lowest BCUT2D eigenvalue weighted by atomic mass is 10.1. The topological polar surface area (TPSA) is 139 Å². The summed E-state index contributed by atoms with van der Waals surface area (Å²) >= 11 is 0. The Labute approximate surface area is 175 Å². The molecule has 30 heavy (non-hydrogen) atoms. The van der Waals surface area contributed by atoms with Crippen molar-refractivity contribution in [2.75, 3.05) is 19.6 Å². The number of nitrogens with zero attached hydrogens (tertiary/aromatic N) is 1. The number of aliphatic hydroxyl groups is 1. The van der Waals surface area contributed by atoms with E-state index in [1.807, 2.05) is 13.8 Å². The molecule has 2 rings (SSSR count). The van der Waals surface area contributed by atoms with E-state index in [1.54, 1.807) is 0 Å². The Morgan fingerprint density at radius 3 is 2.23 bits per heavy atom. The number of hydrogen-bond donors (Lipinski definition) is 5. The smallest absolute Gasteiger partial charge is 0.323 e. The fraction of sp³-hybridized carbons (Fsp3) is 0.381. The number of carbonyl (C=O) groups is 3. The zero-order valence-electron chi connectivity index (χ0n) is 17.3. The maximum Gasteiger partial charge on any atom is 0.323 e. The number of hydrogen-bond acceptors (Lipinski definition) is 5. The summed E-state index contributed by atoms with van der Waals surface area (Å²) in [5.74, 6) is -2.19. The summed E-state index contributed by atoms with van der Waals surface area (Å²) in [4.78, 5) is 34.1. The first-order chi connectivity index (χ1) is 14.1. The Morgan fingerprint density at radius 1 is 1.03 bits per heavy atom. The van der Waals surface area contributed by atoms with Gasteiger partial charge in [0, 0.05) is 6.54 Å². The van der Waals surface area contributed by atoms with E-state index in [-0.39, 0.29) is 19.0 Å². The molecular formula is C21H29N3O6. The summed E-state index contributed by atoms with van der Waals surface area (Å²) in [5, 5.41) is 31.0. The summed E-state index contributed by atoms with van der Waals surface area (Å²) in [6.07, 6.45) is -1.60. The van der Waals surface area contributed by atoms with Crippen LogP contribution in [0.4, 0.5) is 4.79 Å². The molecule has 9 nitrogen and oxygen atoms in total. The van der Waals surface area contributed by atoms with E-state index in [4.69, 9.17) is 10.3 Å². The van der Waals surface area contributed by atoms with Crippen molar-refractivity contribution >= 4 is 28.7 Å². The van der Waals surface area contributed by atoms with Gasteiger partial charge in [-0.05, 0) is 23.6 Å². The molecule has 0 aromatic heterocycles. The van der Waals surface area contributed by atoms with Gasteiger partial charge < -0.3 is 20.4 Å². The number of hydroxylamine groups is 1. The SMILES string of the molecule is CC(C)CN(C[C@H](O)C(=O)NO)C(=O)NCC(=O)O.Cc1ccc2ccccc2c1. The second-order valence-electron chi connectivity index (χ2n) is 7.19. The van der Waals surface area contributed by atoms with Gasteiger partial charge in [-0.1, -0.05) is 61.9 Å². The van der Waals surface area contributed by atoms with Crippen LogP contribution in [0.5, 0.6) is 0 Å². The number of fused-ring (bicyclic) bond motifs is 1. The Bertz CT molecular complexity index is 856. The van der Waals surface area contributed by atoms with Crippen LogP contribution in [0, 0.1) is 12.8 Å². The monoisotopic (exact) mass is 419 g/mol. The summed E-state index contributed by atoms with van der Waals surface area (Å²) in [6, 6.07) is 14.2. The van der Waals surface area contributed by atoms with Gasteiger partial charge in [-0.3, -0.25) is 14.8 Å². The number of nitrogens with one attached hydrogen (secondary N) is 2. The minimum Gasteiger partial charge on any atom is -0.480 e. The Kier molecular flexibility index (Phi) is 10.3. The largest absolute Gasteiger partial charge is 0.480 e. The minimum absolute atomic E-state index is 0.0555. The minimum atomic E-state index is -1.60. The van der Waals surface area contributed by atoms with Crippen molar-refractivity contribution < 1.29 is 29.8 Å². The second kappa shape index (κ2) is 12.4. The van der Waals surface area contributed by atoms with E-state index >= 15 is 0 Å². The molecule has 0 saturated heterocycles. The van der Waals surface area contributed by atoms with Crippen molar-refractivity contribution in [2.45, 2.75) is 26.9 Å². The second-order valence-corrected chi connectivity index (χ2v) is 7.19. The van der Waals surface area contributed by atoms with Crippen LogP contribution in [0.3, 0.4) is 0 Å². The molecule has 0 fully saturated rings. The number of amides is 3. The Morgan fingerprint density at radius 2 is 1.67 bits per heavy atom. The molecule has 0 bridgehead atoms. The van der Waals surface area contributed by atoms with Gasteiger partial charge in [-0.15, -0.1) is 0 Å². The van der Waals surface area contributed by atoms with Crippen molar-refractivity contribution in [2.24, 2.45) is 5.92 Å². The average Bonchev–Trinajstić information content (AvgIpc) is 2.70. The highest BCUT2D eigenvalue weighted by molar-refractivity contribution is 5.83. The van der Waals surface area contributed by atoms with Crippen LogP contribution in [0.1, 0.15) is 19.4 Å². The maximum absolute atomic E-state index is 11.7. The molecule has 0 unspecified atom stereocenters. The van der Waals surface area contributed by atoms with E-state index in [9.17, 15) is 19.5 Å². The molecule has 0 spiro atoms. The van der Waals surface area contributed by atoms with Crippen LogP contribution < -0.4 is 10.8 Å². The van der Waals surface area contributed by atoms with Gasteiger partial charge in [0.2, 0.25) is 0 Å². The van der Waals surface area contributed by atoms with Crippen LogP contribution in [0.15, 0.2) is 42.5 Å². The van der Waals surface area contributed by atoms with Gasteiger partial charge in [0.1, 0.15) is 6.54 Å². The van der Waals surface area contributed by atoms with Gasteiger partial charge in [0.05, 0.1) is 6.54 Å². The zero-order valence-corrected chi connectivity index (χ0v) is 17.3. The molecule has 0 radical (unpaired) electrons. The van der Waals surface area contributed by atoms with Crippen molar-refractivity contribution in [1.82, 2.24) is 15.7 Å². The first-order valence-corrected chi connectivity index (χ1v) is 9.46. The Hall–Kier alpha value is -3.17. The average molecular weight is 419 g/mol. The lowest BCUT2D eigenvalue weighted by Crippen LogP contribution is -2.49. The molecule has 9 heteroatoms. The van der Waals surface area contributed by atoms with Crippen molar-refractivity contribution in [3.63, 3.8) is 0 Å². The number of carboxylic acid groups (broad SMARTS) is 1. The molecule has 164 valence electrons. The number of benzene rings is 2. The van der Waals surface area contributed by atoms with E-state index in [2.05, 4.69) is 54.7 Å². The highest BCUT2D eigenvalue weighted by atomic mass is 16.5. The van der Waals surface area contributed by atoms with Crippen LogP contribution in [-0.4, -0.2) is 64.0 Å². The fourth-order valence-electron chi connectivity index (χ4n) is 2.62. The number of rotatable bonds is 7. The molecule has 3 amide bonds. The predicted molar refractivity (Wildman–Crippen MR) is 112 cm³/mol. The zero-order chi connectivity index (χ0) is 22.7. The summed E-state index contributed by atoms with van der Waals surface area (Å²) in [5.41, 5.74) is 2.59. The molecule has 0 aliphatic rings. The summed E-state index contributed by atoms with van der Waals surface area (Å²) in [6.45, 7) is 5.06. The van der Waals surface area contributed by atoms with Gasteiger partial charge in [-0.2, -0.15) is 0 Å². The van der Waals surface area contributed by atoms with E-state index in [0.29, 0.717) is 0 Å². The predicted octanol–water partition coefficient (Wildman–Crippen LogP) is 1.75. The molecule has 2 aromatic carbocycles. The number of carboxylic acids is 1. The maximum atomic E-state index is 11.7. The van der Waals surface area contributed by atoms with E-state index in [1.165, 1.54) is 21.8 Å². The fourth-order valence-corrected chi connectivity index (χ4v) is 2.62. The first kappa shape index (κ1) is 24.9. The third-order valence-electron chi connectivity index (χ3n) is 3.97. The molecule has 0 aliphatic carbocycles. The van der Waals surface area contributed by atoms with Gasteiger partial charge in [0.15, 0.2) is 6.10 Å². The highest BCUT2D eigenvalue weighted by Gasteiger charge is 2.23. The third-order valence-corrected chi connectivity index (χ3v) is 3.97. The molecule has 0 saturated carbocycles. The molecule has 1 atom stereocenters. The van der Waals surface area contributed by atoms with Crippen LogP contribution >= 0.6 is 0 Å². The van der Waals surface area contributed by atoms with Crippen LogP contribution in [-0.2, 0) is 9.59 Å². The van der Waals surface area contributed by atoms with E-state index in [0.717, 1.165) is 4.90 Å². The van der Waals surface area contributed by atoms with E-state index < -0.39 is 30.6 Å². The van der Waals surface area contributed by atoms with Crippen molar-refractivity contribution in [3.8, 4) is 0 Å². The number of aliphatic hydroxyl groups excluding tert-OH is 1. The van der Waals surface area contributed by atoms with Gasteiger partial charge >= 0.3 is 12.0 Å². The van der Waals surface area contributed by atoms with Crippen molar-refractivity contribution in [1.29, 1.82) is 0 Å². The number of carbonyl (C=O) groups excluding carboxylic acids is 2. The molecular weight excluding hydrogens is 390 g/mol. The Balaban J connectivity index is 0.000000340. The molecule has 5 N–H and O–H groups in total. The summed E-state index contributed by atoms with van der Waals surface area (Å²) < 4.78 is 0. The van der Waals surface area contributed by atoms with Crippen LogP contribution in [0.25, 0.3) is 10.8 Å². The van der Waals surface area contributed by atoms with Crippen molar-refractivity contribution in [3.05, 3.63) is 48.0 Å². The summed E-state index contributed by atoms with van der Waals surface area (Å²) in [7, 11) is 0. The lowest BCUT2D eigenvalue weighted by Gasteiger charge is -2.26. The number of aryl methyl sites for hydroxylation is 1. The lowest BCUT2D eigenvalue weighted by molar-refractivity contribution is -0.138. The van der Waals surface area contributed by atoms with Crippen LogP contribution in [0.2, 0.25) is 0 Å². The highest BCUT2D eigenvalue weighted by Crippen LogP contribution is 2.14. The number of aliphatic carboxylic acids is 1.